The van der Waals surface area contributed by atoms with Crippen LogP contribution >= 0.6 is 0 Å². The predicted octanol–water partition coefficient (Wildman–Crippen LogP) is 4.76. The zero-order chi connectivity index (χ0) is 21.8. The van der Waals surface area contributed by atoms with Crippen molar-refractivity contribution in [3.05, 3.63) is 71.0 Å². The summed E-state index contributed by atoms with van der Waals surface area (Å²) >= 11 is 0. The third-order valence-corrected chi connectivity index (χ3v) is 7.69. The van der Waals surface area contributed by atoms with Crippen molar-refractivity contribution in [3.8, 4) is 0 Å². The molecule has 0 spiro atoms. The van der Waals surface area contributed by atoms with Crippen LogP contribution in [0.25, 0.3) is 21.8 Å². The lowest BCUT2D eigenvalue weighted by Crippen LogP contribution is -2.36. The van der Waals surface area contributed by atoms with E-state index >= 15 is 0 Å². The van der Waals surface area contributed by atoms with Gasteiger partial charge in [-0.2, -0.15) is 0 Å². The van der Waals surface area contributed by atoms with Crippen LogP contribution in [0.2, 0.25) is 0 Å². The van der Waals surface area contributed by atoms with E-state index in [9.17, 15) is 4.79 Å². The van der Waals surface area contributed by atoms with E-state index in [4.69, 9.17) is 0 Å². The van der Waals surface area contributed by atoms with E-state index in [0.29, 0.717) is 18.6 Å². The molecule has 0 saturated carbocycles. The van der Waals surface area contributed by atoms with E-state index in [-0.39, 0.29) is 12.1 Å². The molecule has 6 rings (SSSR count). The molecular formula is C27H30N4O. The quantitative estimate of drug-likeness (QED) is 0.495. The van der Waals surface area contributed by atoms with Crippen LogP contribution in [0.5, 0.6) is 0 Å². The number of benzene rings is 2. The van der Waals surface area contributed by atoms with Crippen molar-refractivity contribution in [1.82, 2.24) is 19.8 Å². The summed E-state index contributed by atoms with van der Waals surface area (Å²) in [4.78, 5) is 25.4. The van der Waals surface area contributed by atoms with Crippen LogP contribution in [0.3, 0.4) is 0 Å². The van der Waals surface area contributed by atoms with Gasteiger partial charge in [-0.15, -0.1) is 0 Å². The molecule has 2 aromatic heterocycles. The third-order valence-electron chi connectivity index (χ3n) is 7.69. The molecule has 0 saturated heterocycles. The van der Waals surface area contributed by atoms with E-state index in [1.807, 2.05) is 0 Å². The Morgan fingerprint density at radius 2 is 1.22 bits per heavy atom. The second-order valence-electron chi connectivity index (χ2n) is 9.57. The zero-order valence-corrected chi connectivity index (χ0v) is 18.8. The molecule has 2 aliphatic heterocycles. The third kappa shape index (κ3) is 3.11. The molecule has 2 N–H and O–H groups in total. The maximum atomic E-state index is 13.4. The Bertz CT molecular complexity index is 1220. The lowest BCUT2D eigenvalue weighted by Gasteiger charge is -2.34. The highest BCUT2D eigenvalue weighted by atomic mass is 16.1. The molecule has 0 unspecified atom stereocenters. The molecule has 5 nitrogen and oxygen atoms in total. The number of likely N-dealkylation sites (N-methyl/N-ethyl adjacent to an activating group) is 2. The van der Waals surface area contributed by atoms with Crippen LogP contribution in [-0.4, -0.2) is 52.7 Å². The number of aromatic amines is 2. The van der Waals surface area contributed by atoms with Crippen molar-refractivity contribution in [2.45, 2.75) is 37.8 Å². The molecule has 2 atom stereocenters. The van der Waals surface area contributed by atoms with Crippen LogP contribution in [0.15, 0.2) is 48.5 Å². The van der Waals surface area contributed by atoms with Gasteiger partial charge in [0.2, 0.25) is 0 Å². The van der Waals surface area contributed by atoms with Crippen molar-refractivity contribution in [3.63, 3.8) is 0 Å². The molecule has 0 radical (unpaired) electrons. The Hall–Kier alpha value is -2.89. The Morgan fingerprint density at radius 3 is 1.69 bits per heavy atom. The SMILES string of the molecule is CN1CCc2c([nH]c3ccccc23)[C@H]1CC(=O)C[C@@H]1c2[nH]c3ccccc3c2CCN1C. The molecule has 4 heterocycles. The number of para-hydroxylation sites is 2. The number of hydrogen-bond donors (Lipinski definition) is 2. The molecule has 2 aliphatic rings. The van der Waals surface area contributed by atoms with Gasteiger partial charge >= 0.3 is 0 Å². The highest BCUT2D eigenvalue weighted by molar-refractivity contribution is 5.87. The Morgan fingerprint density at radius 1 is 0.781 bits per heavy atom. The highest BCUT2D eigenvalue weighted by Crippen LogP contribution is 2.38. The monoisotopic (exact) mass is 426 g/mol. The maximum Gasteiger partial charge on any atom is 0.136 e. The number of nitrogens with zero attached hydrogens (tertiary/aromatic N) is 2. The highest BCUT2D eigenvalue weighted by Gasteiger charge is 2.33. The first-order chi connectivity index (χ1) is 15.6. The van der Waals surface area contributed by atoms with Gasteiger partial charge in [0, 0.05) is 59.1 Å². The minimum atomic E-state index is 0.120. The van der Waals surface area contributed by atoms with Gasteiger partial charge in [-0.05, 0) is 50.2 Å². The van der Waals surface area contributed by atoms with Crippen LogP contribution in [0.1, 0.15) is 47.4 Å². The molecule has 0 bridgehead atoms. The minimum absolute atomic E-state index is 0.120. The largest absolute Gasteiger partial charge is 0.357 e. The van der Waals surface area contributed by atoms with Crippen LogP contribution in [0, 0.1) is 0 Å². The van der Waals surface area contributed by atoms with Crippen molar-refractivity contribution in [1.29, 1.82) is 0 Å². The first kappa shape index (κ1) is 19.8. The van der Waals surface area contributed by atoms with Gasteiger partial charge in [0.1, 0.15) is 5.78 Å². The average molecular weight is 427 g/mol. The zero-order valence-electron chi connectivity index (χ0n) is 18.8. The fraction of sp³-hybridized carbons (Fsp3) is 0.370. The summed E-state index contributed by atoms with van der Waals surface area (Å²) in [6.45, 7) is 1.98. The summed E-state index contributed by atoms with van der Waals surface area (Å²) in [6, 6.07) is 17.3. The summed E-state index contributed by atoms with van der Waals surface area (Å²) in [5.74, 6) is 0.330. The molecule has 0 amide bonds. The van der Waals surface area contributed by atoms with E-state index in [2.05, 4.69) is 82.4 Å². The Balaban J connectivity index is 1.28. The van der Waals surface area contributed by atoms with Crippen molar-refractivity contribution in [2.75, 3.05) is 27.2 Å². The van der Waals surface area contributed by atoms with Crippen molar-refractivity contribution >= 4 is 27.6 Å². The van der Waals surface area contributed by atoms with Gasteiger partial charge in [0.25, 0.3) is 0 Å². The number of Topliss-reactive ketones (excluding diaryl/α,β-unsaturated/α-hetero) is 1. The predicted molar refractivity (Wildman–Crippen MR) is 129 cm³/mol. The van der Waals surface area contributed by atoms with Crippen molar-refractivity contribution < 1.29 is 4.79 Å². The molecule has 5 heteroatoms. The molecule has 164 valence electrons. The maximum absolute atomic E-state index is 13.4. The van der Waals surface area contributed by atoms with Gasteiger partial charge < -0.3 is 9.97 Å². The fourth-order valence-corrected chi connectivity index (χ4v) is 5.91. The number of nitrogens with one attached hydrogen (secondary N) is 2. The number of hydrogen-bond acceptors (Lipinski definition) is 3. The number of fused-ring (bicyclic) bond motifs is 6. The summed E-state index contributed by atoms with van der Waals surface area (Å²) < 4.78 is 0. The van der Waals surface area contributed by atoms with E-state index in [0.717, 1.165) is 25.9 Å². The molecular weight excluding hydrogens is 396 g/mol. The lowest BCUT2D eigenvalue weighted by molar-refractivity contribution is -0.121. The van der Waals surface area contributed by atoms with Gasteiger partial charge in [-0.25, -0.2) is 0 Å². The molecule has 4 aromatic rings. The van der Waals surface area contributed by atoms with Gasteiger partial charge in [0.15, 0.2) is 0 Å². The van der Waals surface area contributed by atoms with E-state index in [1.54, 1.807) is 0 Å². The lowest BCUT2D eigenvalue weighted by atomic mass is 9.90. The number of H-pyrrole nitrogens is 2. The molecule has 2 aromatic carbocycles. The first-order valence-electron chi connectivity index (χ1n) is 11.7. The summed E-state index contributed by atoms with van der Waals surface area (Å²) in [5, 5.41) is 2.62. The van der Waals surface area contributed by atoms with Crippen LogP contribution < -0.4 is 0 Å². The Kier molecular flexibility index (Phi) is 4.70. The fourth-order valence-electron chi connectivity index (χ4n) is 5.91. The second kappa shape index (κ2) is 7.61. The van der Waals surface area contributed by atoms with Crippen molar-refractivity contribution in [2.24, 2.45) is 0 Å². The summed E-state index contributed by atoms with van der Waals surface area (Å²) in [7, 11) is 4.30. The number of rotatable bonds is 4. The summed E-state index contributed by atoms with van der Waals surface area (Å²) in [5.41, 5.74) is 7.61. The minimum Gasteiger partial charge on any atom is -0.357 e. The molecule has 0 aliphatic carbocycles. The second-order valence-corrected chi connectivity index (χ2v) is 9.57. The van der Waals surface area contributed by atoms with E-state index < -0.39 is 0 Å². The summed E-state index contributed by atoms with van der Waals surface area (Å²) in [6.07, 6.45) is 3.17. The normalized spacial score (nSPS) is 21.7. The van der Waals surface area contributed by atoms with Gasteiger partial charge in [-0.1, -0.05) is 36.4 Å². The topological polar surface area (TPSA) is 55.1 Å². The molecule has 0 fully saturated rings. The average Bonchev–Trinajstić information content (AvgIpc) is 3.36. The number of aromatic nitrogens is 2. The Labute approximate surface area is 188 Å². The number of ketones is 1. The van der Waals surface area contributed by atoms with Gasteiger partial charge in [-0.3, -0.25) is 14.6 Å². The standard InChI is InChI=1S/C27H30N4O/c1-30-13-11-20-18-7-3-5-9-22(18)28-26(20)24(30)15-17(32)16-25-27-21(12-14-31(25)2)19-8-4-6-10-23(19)29-27/h3-10,24-25,28-29H,11-16H2,1-2H3/t24-,25-/m1/s1. The number of carbonyl (C=O) groups excluding carboxylic acids is 1. The van der Waals surface area contributed by atoms with Crippen LogP contribution in [0.4, 0.5) is 0 Å². The first-order valence-corrected chi connectivity index (χ1v) is 11.7. The van der Waals surface area contributed by atoms with Gasteiger partial charge in [0.05, 0.1) is 12.1 Å². The number of carbonyl (C=O) groups is 1. The van der Waals surface area contributed by atoms with Crippen LogP contribution in [-0.2, 0) is 17.6 Å². The smallest absolute Gasteiger partial charge is 0.136 e. The molecule has 32 heavy (non-hydrogen) atoms. The van der Waals surface area contributed by atoms with E-state index in [1.165, 1.54) is 44.3 Å².